The molecule has 3 N–H and O–H groups in total. The van der Waals surface area contributed by atoms with Gasteiger partial charge in [0.2, 0.25) is 5.88 Å². The number of nitrogen functional groups attached to an aromatic ring is 1. The molecule has 4 nitrogen and oxygen atoms in total. The van der Waals surface area contributed by atoms with Crippen molar-refractivity contribution in [2.75, 3.05) is 17.7 Å². The van der Waals surface area contributed by atoms with Crippen molar-refractivity contribution >= 4 is 22.8 Å². The fraction of sp³-hybridized carbons (Fsp3) is 0.438. The van der Waals surface area contributed by atoms with Gasteiger partial charge in [-0.05, 0) is 48.8 Å². The maximum Gasteiger partial charge on any atom is 0.239 e. The Hall–Kier alpha value is -1.75. The highest BCUT2D eigenvalue weighted by Gasteiger charge is 2.22. The molecule has 2 heterocycles. The van der Waals surface area contributed by atoms with Crippen molar-refractivity contribution in [3.63, 3.8) is 0 Å². The van der Waals surface area contributed by atoms with Crippen LogP contribution in [0.2, 0.25) is 0 Å². The SMILES string of the molecule is CCC(Nc1ccc(N)c(OCC2CC2)n1)c1cccs1. The monoisotopic (exact) mass is 303 g/mol. The number of thiophene rings is 1. The van der Waals surface area contributed by atoms with E-state index >= 15 is 0 Å². The standard InChI is InChI=1S/C16H21N3OS/c1-2-13(14-4-3-9-21-14)18-15-8-7-12(17)16(19-15)20-10-11-5-6-11/h3-4,7-9,11,13H,2,5-6,10,17H2,1H3,(H,18,19). The molecule has 0 saturated heterocycles. The second-order valence-corrected chi connectivity index (χ2v) is 6.45. The van der Waals surface area contributed by atoms with Gasteiger partial charge >= 0.3 is 0 Å². The van der Waals surface area contributed by atoms with Gasteiger partial charge in [0.1, 0.15) is 5.82 Å². The summed E-state index contributed by atoms with van der Waals surface area (Å²) in [5.74, 6) is 2.06. The zero-order valence-electron chi connectivity index (χ0n) is 12.2. The molecular formula is C16H21N3OS. The molecule has 0 amide bonds. The van der Waals surface area contributed by atoms with Crippen LogP contribution in [-0.4, -0.2) is 11.6 Å². The molecule has 0 radical (unpaired) electrons. The van der Waals surface area contributed by atoms with Crippen molar-refractivity contribution in [3.8, 4) is 5.88 Å². The van der Waals surface area contributed by atoms with Crippen molar-refractivity contribution in [1.29, 1.82) is 0 Å². The highest BCUT2D eigenvalue weighted by atomic mass is 32.1. The summed E-state index contributed by atoms with van der Waals surface area (Å²) in [5.41, 5.74) is 6.54. The van der Waals surface area contributed by atoms with Crippen molar-refractivity contribution in [1.82, 2.24) is 4.98 Å². The molecule has 0 bridgehead atoms. The van der Waals surface area contributed by atoms with Gasteiger partial charge in [-0.15, -0.1) is 11.3 Å². The van der Waals surface area contributed by atoms with E-state index in [2.05, 4.69) is 34.7 Å². The Kier molecular flexibility index (Phi) is 4.29. The Morgan fingerprint density at radius 3 is 2.95 bits per heavy atom. The largest absolute Gasteiger partial charge is 0.476 e. The summed E-state index contributed by atoms with van der Waals surface area (Å²) >= 11 is 1.76. The lowest BCUT2D eigenvalue weighted by atomic mass is 10.2. The summed E-state index contributed by atoms with van der Waals surface area (Å²) in [4.78, 5) is 5.83. The maximum absolute atomic E-state index is 5.94. The molecule has 1 saturated carbocycles. The van der Waals surface area contributed by atoms with Crippen LogP contribution in [0.4, 0.5) is 11.5 Å². The minimum Gasteiger partial charge on any atom is -0.476 e. The average Bonchev–Trinajstić information content (AvgIpc) is 3.17. The average molecular weight is 303 g/mol. The van der Waals surface area contributed by atoms with Gasteiger partial charge in [-0.2, -0.15) is 4.98 Å². The van der Waals surface area contributed by atoms with E-state index in [0.717, 1.165) is 18.8 Å². The van der Waals surface area contributed by atoms with Gasteiger partial charge in [-0.25, -0.2) is 0 Å². The first-order valence-electron chi connectivity index (χ1n) is 7.45. The second kappa shape index (κ2) is 6.35. The molecule has 1 atom stereocenters. The fourth-order valence-corrected chi connectivity index (χ4v) is 3.03. The summed E-state index contributed by atoms with van der Waals surface area (Å²) < 4.78 is 5.73. The van der Waals surface area contributed by atoms with E-state index in [0.29, 0.717) is 17.5 Å². The van der Waals surface area contributed by atoms with Gasteiger partial charge in [0.05, 0.1) is 18.3 Å². The second-order valence-electron chi connectivity index (χ2n) is 5.47. The minimum absolute atomic E-state index is 0.275. The smallest absolute Gasteiger partial charge is 0.239 e. The predicted octanol–water partition coefficient (Wildman–Crippen LogP) is 4.08. The molecule has 21 heavy (non-hydrogen) atoms. The van der Waals surface area contributed by atoms with E-state index in [1.807, 2.05) is 12.1 Å². The normalized spacial score (nSPS) is 15.7. The van der Waals surface area contributed by atoms with Crippen LogP contribution >= 0.6 is 11.3 Å². The number of nitrogens with zero attached hydrogens (tertiary/aromatic N) is 1. The third-order valence-electron chi connectivity index (χ3n) is 3.66. The molecule has 5 heteroatoms. The topological polar surface area (TPSA) is 60.2 Å². The molecule has 0 aliphatic heterocycles. The first-order chi connectivity index (χ1) is 10.3. The first-order valence-corrected chi connectivity index (χ1v) is 8.33. The summed E-state index contributed by atoms with van der Waals surface area (Å²) in [6.07, 6.45) is 3.52. The van der Waals surface area contributed by atoms with Crippen molar-refractivity contribution in [2.24, 2.45) is 5.92 Å². The number of nitrogens with two attached hydrogens (primary N) is 1. The first kappa shape index (κ1) is 14.2. The van der Waals surface area contributed by atoms with Gasteiger partial charge in [0.15, 0.2) is 0 Å². The number of hydrogen-bond donors (Lipinski definition) is 2. The highest BCUT2D eigenvalue weighted by molar-refractivity contribution is 7.10. The number of pyridine rings is 1. The van der Waals surface area contributed by atoms with E-state index in [9.17, 15) is 0 Å². The number of hydrogen-bond acceptors (Lipinski definition) is 5. The number of anilines is 2. The Balaban J connectivity index is 1.70. The van der Waals surface area contributed by atoms with Crippen molar-refractivity contribution < 1.29 is 4.74 Å². The molecule has 2 aromatic rings. The minimum atomic E-state index is 0.275. The third-order valence-corrected chi connectivity index (χ3v) is 4.65. The Morgan fingerprint density at radius 1 is 1.43 bits per heavy atom. The van der Waals surface area contributed by atoms with Crippen molar-refractivity contribution in [2.45, 2.75) is 32.2 Å². The zero-order valence-corrected chi connectivity index (χ0v) is 13.0. The van der Waals surface area contributed by atoms with Crippen LogP contribution in [0.1, 0.15) is 37.1 Å². The Bertz CT molecular complexity index is 581. The molecule has 0 spiro atoms. The lowest BCUT2D eigenvalue weighted by Gasteiger charge is -2.17. The Morgan fingerprint density at radius 2 is 2.29 bits per heavy atom. The molecular weight excluding hydrogens is 282 g/mol. The van der Waals surface area contributed by atoms with E-state index in [1.54, 1.807) is 11.3 Å². The molecule has 1 aliphatic rings. The van der Waals surface area contributed by atoms with Crippen LogP contribution in [0.5, 0.6) is 5.88 Å². The van der Waals surface area contributed by atoms with Crippen LogP contribution in [0.25, 0.3) is 0 Å². The zero-order chi connectivity index (χ0) is 14.7. The molecule has 1 fully saturated rings. The van der Waals surface area contributed by atoms with Crippen LogP contribution < -0.4 is 15.8 Å². The van der Waals surface area contributed by atoms with Crippen LogP contribution in [0, 0.1) is 5.92 Å². The van der Waals surface area contributed by atoms with Gasteiger partial charge in [0.25, 0.3) is 0 Å². The van der Waals surface area contributed by atoms with Gasteiger partial charge in [0, 0.05) is 4.88 Å². The van der Waals surface area contributed by atoms with Gasteiger partial charge in [-0.1, -0.05) is 13.0 Å². The quantitative estimate of drug-likeness (QED) is 0.809. The maximum atomic E-state index is 5.94. The molecule has 112 valence electrons. The summed E-state index contributed by atoms with van der Waals surface area (Å²) in [7, 11) is 0. The predicted molar refractivity (Wildman–Crippen MR) is 87.8 cm³/mol. The molecule has 2 aromatic heterocycles. The molecule has 1 aliphatic carbocycles. The summed E-state index contributed by atoms with van der Waals surface area (Å²) in [6.45, 7) is 2.89. The van der Waals surface area contributed by atoms with Crippen LogP contribution in [0.3, 0.4) is 0 Å². The van der Waals surface area contributed by atoms with E-state index in [-0.39, 0.29) is 6.04 Å². The van der Waals surface area contributed by atoms with Crippen molar-refractivity contribution in [3.05, 3.63) is 34.5 Å². The lowest BCUT2D eigenvalue weighted by Crippen LogP contribution is -2.11. The van der Waals surface area contributed by atoms with E-state index in [4.69, 9.17) is 10.5 Å². The highest BCUT2D eigenvalue weighted by Crippen LogP contribution is 2.31. The lowest BCUT2D eigenvalue weighted by molar-refractivity contribution is 0.290. The van der Waals surface area contributed by atoms with Crippen LogP contribution in [-0.2, 0) is 0 Å². The molecule has 0 aromatic carbocycles. The van der Waals surface area contributed by atoms with Crippen LogP contribution in [0.15, 0.2) is 29.6 Å². The fourth-order valence-electron chi connectivity index (χ4n) is 2.17. The Labute approximate surface area is 129 Å². The number of aromatic nitrogens is 1. The summed E-state index contributed by atoms with van der Waals surface area (Å²) in [5, 5.41) is 5.56. The van der Waals surface area contributed by atoms with E-state index in [1.165, 1.54) is 17.7 Å². The number of ether oxygens (including phenoxy) is 1. The number of rotatable bonds is 7. The molecule has 1 unspecified atom stereocenters. The van der Waals surface area contributed by atoms with Gasteiger partial charge in [-0.3, -0.25) is 0 Å². The summed E-state index contributed by atoms with van der Waals surface area (Å²) in [6, 6.07) is 8.27. The third kappa shape index (κ3) is 3.67. The van der Waals surface area contributed by atoms with Gasteiger partial charge < -0.3 is 15.8 Å². The molecule has 3 rings (SSSR count). The van der Waals surface area contributed by atoms with E-state index < -0.39 is 0 Å². The number of nitrogens with one attached hydrogen (secondary N) is 1.